The van der Waals surface area contributed by atoms with Crippen LogP contribution in [0.5, 0.6) is 0 Å². The van der Waals surface area contributed by atoms with Gasteiger partial charge in [-0.15, -0.1) is 0 Å². The van der Waals surface area contributed by atoms with Crippen LogP contribution in [-0.2, 0) is 27.9 Å². The van der Waals surface area contributed by atoms with Gasteiger partial charge in [-0.25, -0.2) is 0 Å². The highest BCUT2D eigenvalue weighted by Crippen LogP contribution is 2.10. The number of aromatic nitrogens is 1. The van der Waals surface area contributed by atoms with Crippen molar-refractivity contribution in [3.63, 3.8) is 0 Å². The van der Waals surface area contributed by atoms with Gasteiger partial charge in [0.1, 0.15) is 10.8 Å². The van der Waals surface area contributed by atoms with E-state index < -0.39 is 5.60 Å². The maximum Gasteiger partial charge on any atom is 0.306 e. The molecule has 1 aromatic rings. The Morgan fingerprint density at radius 2 is 1.91 bits per heavy atom. The van der Waals surface area contributed by atoms with Crippen molar-refractivity contribution in [3.8, 4) is 0 Å². The molecule has 0 aromatic carbocycles. The molecule has 0 unspecified atom stereocenters. The molecule has 6 nitrogen and oxygen atoms in total. The van der Waals surface area contributed by atoms with Gasteiger partial charge >= 0.3 is 5.97 Å². The van der Waals surface area contributed by atoms with E-state index in [4.69, 9.17) is 16.3 Å². The lowest BCUT2D eigenvalue weighted by atomic mass is 10.2. The first-order valence-corrected chi connectivity index (χ1v) is 7.81. The molecule has 128 valence electrons. The van der Waals surface area contributed by atoms with Crippen LogP contribution in [0, 0.1) is 0 Å². The Bertz CT molecular complexity index is 632. The summed E-state index contributed by atoms with van der Waals surface area (Å²) < 4.78 is 6.47. The number of carbonyl (C=O) groups is 2. The Balaban J connectivity index is 2.37. The first-order chi connectivity index (χ1) is 10.6. The molecule has 0 aliphatic heterocycles. The van der Waals surface area contributed by atoms with Gasteiger partial charge < -0.3 is 14.6 Å². The maximum absolute atomic E-state index is 11.9. The molecule has 0 fully saturated rings. The average Bonchev–Trinajstić information content (AvgIpc) is 2.42. The number of rotatable bonds is 6. The van der Waals surface area contributed by atoms with E-state index in [1.165, 1.54) is 4.57 Å². The van der Waals surface area contributed by atoms with Gasteiger partial charge in [-0.1, -0.05) is 11.6 Å². The molecule has 0 spiro atoms. The van der Waals surface area contributed by atoms with Crippen LogP contribution in [0.2, 0.25) is 5.15 Å². The molecule has 1 N–H and O–H groups in total. The van der Waals surface area contributed by atoms with Crippen molar-refractivity contribution in [1.29, 1.82) is 0 Å². The minimum atomic E-state index is -0.520. The molecule has 1 rings (SSSR count). The highest BCUT2D eigenvalue weighted by atomic mass is 35.5. The number of esters is 1. The lowest BCUT2D eigenvalue weighted by Crippen LogP contribution is -2.29. The van der Waals surface area contributed by atoms with Crippen molar-refractivity contribution in [2.45, 2.75) is 52.2 Å². The first-order valence-electron chi connectivity index (χ1n) is 7.43. The fourth-order valence-corrected chi connectivity index (χ4v) is 2.01. The molecule has 0 bridgehead atoms. The van der Waals surface area contributed by atoms with Crippen LogP contribution in [0.25, 0.3) is 0 Å². The fourth-order valence-electron chi connectivity index (χ4n) is 1.87. The van der Waals surface area contributed by atoms with Crippen LogP contribution >= 0.6 is 11.6 Å². The molecule has 0 aliphatic carbocycles. The standard InChI is InChI=1S/C16H23ClN2O4/c1-16(2,3)23-14(21)7-5-6-13(20)18-10-11-8-9-12(17)19(4)15(11)22/h8-9H,5-7,10H2,1-4H3,(H,18,20). The van der Waals surface area contributed by atoms with E-state index in [1.807, 2.05) is 0 Å². The molecule has 1 heterocycles. The molecule has 7 heteroatoms. The normalized spacial score (nSPS) is 11.2. The fraction of sp³-hybridized carbons (Fsp3) is 0.562. The summed E-state index contributed by atoms with van der Waals surface area (Å²) in [6.45, 7) is 5.52. The van der Waals surface area contributed by atoms with Crippen LogP contribution in [0.1, 0.15) is 45.6 Å². The van der Waals surface area contributed by atoms with E-state index in [9.17, 15) is 14.4 Å². The van der Waals surface area contributed by atoms with E-state index in [0.717, 1.165) is 0 Å². The SMILES string of the molecule is Cn1c(Cl)ccc(CNC(=O)CCCC(=O)OC(C)(C)C)c1=O. The predicted molar refractivity (Wildman–Crippen MR) is 88.2 cm³/mol. The van der Waals surface area contributed by atoms with Crippen molar-refractivity contribution >= 4 is 23.5 Å². The van der Waals surface area contributed by atoms with E-state index in [2.05, 4.69) is 5.32 Å². The zero-order chi connectivity index (χ0) is 17.6. The summed E-state index contributed by atoms with van der Waals surface area (Å²) in [6, 6.07) is 3.19. The monoisotopic (exact) mass is 342 g/mol. The van der Waals surface area contributed by atoms with Crippen LogP contribution in [0.3, 0.4) is 0 Å². The van der Waals surface area contributed by atoms with Gasteiger partial charge in [-0.2, -0.15) is 0 Å². The quantitative estimate of drug-likeness (QED) is 0.635. The third-order valence-corrected chi connectivity index (χ3v) is 3.38. The number of carbonyl (C=O) groups excluding carboxylic acids is 2. The van der Waals surface area contributed by atoms with Gasteiger partial charge in [0.05, 0.1) is 0 Å². The molecule has 0 saturated carbocycles. The molecule has 0 atom stereocenters. The highest BCUT2D eigenvalue weighted by molar-refractivity contribution is 6.29. The van der Waals surface area contributed by atoms with Gasteiger partial charge in [-0.05, 0) is 39.3 Å². The highest BCUT2D eigenvalue weighted by Gasteiger charge is 2.16. The summed E-state index contributed by atoms with van der Waals surface area (Å²) >= 11 is 5.82. The van der Waals surface area contributed by atoms with Crippen molar-refractivity contribution < 1.29 is 14.3 Å². The molecule has 23 heavy (non-hydrogen) atoms. The number of halogens is 1. The molecule has 0 saturated heterocycles. The molecule has 1 aromatic heterocycles. The van der Waals surface area contributed by atoms with E-state index in [-0.39, 0.29) is 36.8 Å². The van der Waals surface area contributed by atoms with Crippen molar-refractivity contribution in [1.82, 2.24) is 9.88 Å². The van der Waals surface area contributed by atoms with Crippen molar-refractivity contribution in [2.24, 2.45) is 7.05 Å². The summed E-state index contributed by atoms with van der Waals surface area (Å²) in [5.41, 5.74) is -0.308. The number of hydrogen-bond acceptors (Lipinski definition) is 4. The summed E-state index contributed by atoms with van der Waals surface area (Å²) in [7, 11) is 1.57. The zero-order valence-electron chi connectivity index (χ0n) is 13.9. The minimum Gasteiger partial charge on any atom is -0.460 e. The molecular weight excluding hydrogens is 320 g/mol. The zero-order valence-corrected chi connectivity index (χ0v) is 14.7. The lowest BCUT2D eigenvalue weighted by molar-refractivity contribution is -0.154. The minimum absolute atomic E-state index is 0.134. The summed E-state index contributed by atoms with van der Waals surface area (Å²) in [5, 5.41) is 3.00. The number of pyridine rings is 1. The van der Waals surface area contributed by atoms with E-state index in [1.54, 1.807) is 40.0 Å². The van der Waals surface area contributed by atoms with Crippen LogP contribution < -0.4 is 10.9 Å². The summed E-state index contributed by atoms with van der Waals surface area (Å²) in [4.78, 5) is 35.2. The second-order valence-electron chi connectivity index (χ2n) is 6.26. The van der Waals surface area contributed by atoms with Gasteiger partial charge in [0.25, 0.3) is 5.56 Å². The average molecular weight is 343 g/mol. The smallest absolute Gasteiger partial charge is 0.306 e. The predicted octanol–water partition coefficient (Wildman–Crippen LogP) is 2.17. The Morgan fingerprint density at radius 1 is 1.26 bits per heavy atom. The second-order valence-corrected chi connectivity index (χ2v) is 6.65. The number of nitrogens with one attached hydrogen (secondary N) is 1. The lowest BCUT2D eigenvalue weighted by Gasteiger charge is -2.19. The largest absolute Gasteiger partial charge is 0.460 e. The van der Waals surface area contributed by atoms with Crippen LogP contribution in [-0.4, -0.2) is 22.0 Å². The van der Waals surface area contributed by atoms with Gasteiger partial charge in [0.15, 0.2) is 0 Å². The third-order valence-electron chi connectivity index (χ3n) is 3.00. The first kappa shape index (κ1) is 19.2. The number of hydrogen-bond donors (Lipinski definition) is 1. The molecular formula is C16H23ClN2O4. The van der Waals surface area contributed by atoms with Crippen LogP contribution in [0.4, 0.5) is 0 Å². The molecule has 0 aliphatic rings. The van der Waals surface area contributed by atoms with E-state index >= 15 is 0 Å². The molecule has 0 radical (unpaired) electrons. The Kier molecular flexibility index (Phi) is 6.81. The number of nitrogens with zero attached hydrogens (tertiary/aromatic N) is 1. The van der Waals surface area contributed by atoms with Gasteiger partial charge in [0.2, 0.25) is 5.91 Å². The van der Waals surface area contributed by atoms with Gasteiger partial charge in [0, 0.05) is 32.0 Å². The number of ether oxygens (including phenoxy) is 1. The summed E-state index contributed by atoms with van der Waals surface area (Å²) in [6.07, 6.45) is 0.792. The number of amides is 1. The molecule has 1 amide bonds. The van der Waals surface area contributed by atoms with Crippen molar-refractivity contribution in [2.75, 3.05) is 0 Å². The van der Waals surface area contributed by atoms with Crippen LogP contribution in [0.15, 0.2) is 16.9 Å². The second kappa shape index (κ2) is 8.15. The Morgan fingerprint density at radius 3 is 2.52 bits per heavy atom. The third kappa shape index (κ3) is 6.86. The Labute approximate surface area is 140 Å². The maximum atomic E-state index is 11.9. The Hall–Kier alpha value is -1.82. The van der Waals surface area contributed by atoms with E-state index in [0.29, 0.717) is 17.1 Å². The topological polar surface area (TPSA) is 77.4 Å². The van der Waals surface area contributed by atoms with Crippen molar-refractivity contribution in [3.05, 3.63) is 33.2 Å². The van der Waals surface area contributed by atoms with Gasteiger partial charge in [-0.3, -0.25) is 14.4 Å². The summed E-state index contributed by atoms with van der Waals surface area (Å²) in [5.74, 6) is -0.539.